The molecule has 3 unspecified atom stereocenters. The number of hydrogen-bond acceptors (Lipinski definition) is 4. The molecule has 1 heterocycles. The van der Waals surface area contributed by atoms with Crippen LogP contribution >= 0.6 is 0 Å². The van der Waals surface area contributed by atoms with Crippen LogP contribution in [0.15, 0.2) is 0 Å². The predicted molar refractivity (Wildman–Crippen MR) is 65.6 cm³/mol. The van der Waals surface area contributed by atoms with Crippen LogP contribution in [0.5, 0.6) is 0 Å². The van der Waals surface area contributed by atoms with E-state index in [2.05, 4.69) is 5.32 Å². The van der Waals surface area contributed by atoms with Crippen LogP contribution in [0.2, 0.25) is 0 Å². The fourth-order valence-corrected chi connectivity index (χ4v) is 2.17. The fourth-order valence-electron chi connectivity index (χ4n) is 2.17. The monoisotopic (exact) mass is 244 g/mol. The number of rotatable bonds is 7. The lowest BCUT2D eigenvalue weighted by atomic mass is 9.98. The van der Waals surface area contributed by atoms with Gasteiger partial charge in [0.15, 0.2) is 0 Å². The van der Waals surface area contributed by atoms with Crippen molar-refractivity contribution in [1.82, 2.24) is 5.32 Å². The van der Waals surface area contributed by atoms with Crippen LogP contribution in [0, 0.1) is 5.92 Å². The van der Waals surface area contributed by atoms with Gasteiger partial charge in [-0.15, -0.1) is 0 Å². The number of nitrogens with one attached hydrogen (secondary N) is 1. The zero-order valence-electron chi connectivity index (χ0n) is 10.8. The third-order valence-corrected chi connectivity index (χ3v) is 3.25. The third kappa shape index (κ3) is 4.26. The second-order valence-electron chi connectivity index (χ2n) is 4.44. The lowest BCUT2D eigenvalue weighted by molar-refractivity contribution is -0.127. The van der Waals surface area contributed by atoms with Crippen molar-refractivity contribution in [2.24, 2.45) is 11.7 Å². The fraction of sp³-hybridized carbons (Fsp3) is 0.917. The van der Waals surface area contributed by atoms with Gasteiger partial charge in [-0.1, -0.05) is 6.92 Å². The average Bonchev–Trinajstić information content (AvgIpc) is 2.82. The highest BCUT2D eigenvalue weighted by atomic mass is 16.5. The smallest absolute Gasteiger partial charge is 0.226 e. The van der Waals surface area contributed by atoms with Crippen molar-refractivity contribution < 1.29 is 14.3 Å². The van der Waals surface area contributed by atoms with Gasteiger partial charge < -0.3 is 20.5 Å². The summed E-state index contributed by atoms with van der Waals surface area (Å²) in [4.78, 5) is 12.1. The van der Waals surface area contributed by atoms with Gasteiger partial charge in [0.1, 0.15) is 0 Å². The molecular formula is C12H24N2O3. The van der Waals surface area contributed by atoms with Gasteiger partial charge in [0.25, 0.3) is 0 Å². The van der Waals surface area contributed by atoms with Gasteiger partial charge in [-0.3, -0.25) is 4.79 Å². The lowest BCUT2D eigenvalue weighted by Gasteiger charge is -2.21. The number of methoxy groups -OCH3 is 1. The summed E-state index contributed by atoms with van der Waals surface area (Å²) in [5, 5.41) is 2.98. The first kappa shape index (κ1) is 14.4. The zero-order chi connectivity index (χ0) is 12.7. The number of carbonyl (C=O) groups excluding carboxylic acids is 1. The van der Waals surface area contributed by atoms with E-state index >= 15 is 0 Å². The van der Waals surface area contributed by atoms with Gasteiger partial charge in [0, 0.05) is 32.9 Å². The van der Waals surface area contributed by atoms with Crippen molar-refractivity contribution in [3.05, 3.63) is 0 Å². The molecule has 0 saturated carbocycles. The molecule has 1 aliphatic rings. The van der Waals surface area contributed by atoms with Crippen molar-refractivity contribution in [2.75, 3.05) is 26.9 Å². The van der Waals surface area contributed by atoms with Crippen LogP contribution < -0.4 is 11.1 Å². The Bertz CT molecular complexity index is 236. The maximum absolute atomic E-state index is 12.1. The topological polar surface area (TPSA) is 73.6 Å². The van der Waals surface area contributed by atoms with E-state index in [0.29, 0.717) is 19.8 Å². The summed E-state index contributed by atoms with van der Waals surface area (Å²) in [6.45, 7) is 3.78. The summed E-state index contributed by atoms with van der Waals surface area (Å²) >= 11 is 0. The first-order valence-corrected chi connectivity index (χ1v) is 6.33. The van der Waals surface area contributed by atoms with Crippen LogP contribution in [0.1, 0.15) is 26.2 Å². The van der Waals surface area contributed by atoms with Crippen LogP contribution in [0.4, 0.5) is 0 Å². The van der Waals surface area contributed by atoms with E-state index < -0.39 is 0 Å². The molecule has 0 aromatic carbocycles. The van der Waals surface area contributed by atoms with E-state index in [1.54, 1.807) is 7.11 Å². The average molecular weight is 244 g/mol. The van der Waals surface area contributed by atoms with Crippen molar-refractivity contribution >= 4 is 5.91 Å². The summed E-state index contributed by atoms with van der Waals surface area (Å²) in [6.07, 6.45) is 2.51. The second-order valence-corrected chi connectivity index (χ2v) is 4.44. The summed E-state index contributed by atoms with van der Waals surface area (Å²) in [7, 11) is 1.65. The Morgan fingerprint density at radius 3 is 3.00 bits per heavy atom. The predicted octanol–water partition coefficient (Wildman–Crippen LogP) is 0.282. The molecule has 0 aliphatic carbocycles. The van der Waals surface area contributed by atoms with E-state index in [1.165, 1.54) is 0 Å². The standard InChI is InChI=1S/C12H24N2O3/c1-3-11-10(5-7-17-11)12(15)14-9(8-13)4-6-16-2/h9-11H,3-8,13H2,1-2H3,(H,14,15). The molecule has 3 N–H and O–H groups in total. The molecule has 0 aromatic rings. The normalized spacial score (nSPS) is 25.8. The maximum Gasteiger partial charge on any atom is 0.226 e. The summed E-state index contributed by atoms with van der Waals surface area (Å²) in [5.74, 6) is 0.0532. The third-order valence-electron chi connectivity index (χ3n) is 3.25. The Labute approximate surface area is 103 Å². The van der Waals surface area contributed by atoms with Crippen molar-refractivity contribution in [3.8, 4) is 0 Å². The van der Waals surface area contributed by atoms with Crippen LogP contribution in [-0.2, 0) is 14.3 Å². The Morgan fingerprint density at radius 1 is 1.65 bits per heavy atom. The van der Waals surface area contributed by atoms with E-state index in [1.807, 2.05) is 6.92 Å². The van der Waals surface area contributed by atoms with Crippen molar-refractivity contribution in [2.45, 2.75) is 38.3 Å². The molecular weight excluding hydrogens is 220 g/mol. The highest BCUT2D eigenvalue weighted by Crippen LogP contribution is 2.23. The quantitative estimate of drug-likeness (QED) is 0.674. The van der Waals surface area contributed by atoms with E-state index in [0.717, 1.165) is 19.3 Å². The molecule has 0 radical (unpaired) electrons. The minimum atomic E-state index is -0.0170. The summed E-state index contributed by atoms with van der Waals surface area (Å²) in [6, 6.07) is 0.000515. The maximum atomic E-state index is 12.1. The van der Waals surface area contributed by atoms with Crippen LogP contribution in [-0.4, -0.2) is 44.9 Å². The van der Waals surface area contributed by atoms with E-state index in [4.69, 9.17) is 15.2 Å². The molecule has 0 spiro atoms. The van der Waals surface area contributed by atoms with Gasteiger partial charge in [-0.2, -0.15) is 0 Å². The number of ether oxygens (including phenoxy) is 2. The Balaban J connectivity index is 2.40. The number of nitrogens with two attached hydrogens (primary N) is 1. The van der Waals surface area contributed by atoms with E-state index in [-0.39, 0.29) is 24.0 Å². The molecule has 1 fully saturated rings. The van der Waals surface area contributed by atoms with Gasteiger partial charge >= 0.3 is 0 Å². The largest absolute Gasteiger partial charge is 0.385 e. The molecule has 1 amide bonds. The summed E-state index contributed by atoms with van der Waals surface area (Å²) in [5.41, 5.74) is 5.63. The molecule has 100 valence electrons. The first-order chi connectivity index (χ1) is 8.22. The molecule has 1 saturated heterocycles. The highest BCUT2D eigenvalue weighted by molar-refractivity contribution is 5.79. The van der Waals surface area contributed by atoms with Crippen molar-refractivity contribution in [3.63, 3.8) is 0 Å². The molecule has 5 heteroatoms. The number of hydrogen-bond donors (Lipinski definition) is 2. The SMILES string of the molecule is CCC1OCCC1C(=O)NC(CN)CCOC. The van der Waals surface area contributed by atoms with Crippen LogP contribution in [0.25, 0.3) is 0 Å². The van der Waals surface area contributed by atoms with E-state index in [9.17, 15) is 4.79 Å². The molecule has 3 atom stereocenters. The Morgan fingerprint density at radius 2 is 2.41 bits per heavy atom. The van der Waals surface area contributed by atoms with Gasteiger partial charge in [-0.25, -0.2) is 0 Å². The van der Waals surface area contributed by atoms with Crippen LogP contribution in [0.3, 0.4) is 0 Å². The highest BCUT2D eigenvalue weighted by Gasteiger charge is 2.33. The minimum Gasteiger partial charge on any atom is -0.385 e. The lowest BCUT2D eigenvalue weighted by Crippen LogP contribution is -2.45. The van der Waals surface area contributed by atoms with Gasteiger partial charge in [0.05, 0.1) is 12.0 Å². The first-order valence-electron chi connectivity index (χ1n) is 6.33. The Hall–Kier alpha value is -0.650. The molecule has 0 bridgehead atoms. The Kier molecular flexibility index (Phi) is 6.47. The molecule has 1 rings (SSSR count). The molecule has 1 aliphatic heterocycles. The van der Waals surface area contributed by atoms with Crippen molar-refractivity contribution in [1.29, 1.82) is 0 Å². The molecule has 0 aromatic heterocycles. The number of carbonyl (C=O) groups is 1. The van der Waals surface area contributed by atoms with Gasteiger partial charge in [0.2, 0.25) is 5.91 Å². The minimum absolute atomic E-state index is 0.000515. The van der Waals surface area contributed by atoms with Gasteiger partial charge in [-0.05, 0) is 19.3 Å². The molecule has 5 nitrogen and oxygen atoms in total. The summed E-state index contributed by atoms with van der Waals surface area (Å²) < 4.78 is 10.5. The molecule has 17 heavy (non-hydrogen) atoms. The number of amides is 1. The second kappa shape index (κ2) is 7.63. The zero-order valence-corrected chi connectivity index (χ0v) is 10.8.